The van der Waals surface area contributed by atoms with Crippen molar-refractivity contribution in [3.8, 4) is 0 Å². The summed E-state index contributed by atoms with van der Waals surface area (Å²) >= 11 is 3.13. The molecule has 0 aromatic heterocycles. The number of rotatable bonds is 5. The maximum atomic E-state index is 11.7. The molecule has 0 heterocycles. The van der Waals surface area contributed by atoms with Gasteiger partial charge in [-0.3, -0.25) is 0 Å². The molecule has 0 fully saturated rings. The third kappa shape index (κ3) is 4.27. The number of aryl methyl sites for hydroxylation is 1. The van der Waals surface area contributed by atoms with Crippen molar-refractivity contribution in [1.29, 1.82) is 0 Å². The predicted octanol–water partition coefficient (Wildman–Crippen LogP) is 1.21. The van der Waals surface area contributed by atoms with Gasteiger partial charge in [0, 0.05) is 11.6 Å². The average molecular weight is 352 g/mol. The summed E-state index contributed by atoms with van der Waals surface area (Å²) in [6, 6.07) is 2.70. The molecule has 19 heavy (non-hydrogen) atoms. The van der Waals surface area contributed by atoms with Crippen LogP contribution in [0.1, 0.15) is 15.9 Å². The monoisotopic (exact) mass is 351 g/mol. The van der Waals surface area contributed by atoms with E-state index in [-0.39, 0.29) is 23.7 Å². The standard InChI is InChI=1S/C11H14BrNO5S/c1-7-5-8(11(14)18-4-3-17-2)6-9(10(7)12)19(13,15)16/h5-6H,3-4H2,1-2H3,(H2,13,15,16). The van der Waals surface area contributed by atoms with Gasteiger partial charge in [-0.15, -0.1) is 0 Å². The lowest BCUT2D eigenvalue weighted by Crippen LogP contribution is -2.16. The Hall–Kier alpha value is -0.960. The van der Waals surface area contributed by atoms with Crippen LogP contribution in [0.2, 0.25) is 0 Å². The van der Waals surface area contributed by atoms with E-state index in [0.717, 1.165) is 0 Å². The number of primary sulfonamides is 1. The fourth-order valence-corrected chi connectivity index (χ4v) is 2.97. The summed E-state index contributed by atoms with van der Waals surface area (Å²) in [5.74, 6) is -0.627. The van der Waals surface area contributed by atoms with Crippen molar-refractivity contribution < 1.29 is 22.7 Å². The molecule has 6 nitrogen and oxygen atoms in total. The van der Waals surface area contributed by atoms with E-state index >= 15 is 0 Å². The number of sulfonamides is 1. The van der Waals surface area contributed by atoms with Gasteiger partial charge in [0.15, 0.2) is 0 Å². The molecule has 0 radical (unpaired) electrons. The Kier molecular flexibility index (Phi) is 5.48. The van der Waals surface area contributed by atoms with Gasteiger partial charge in [-0.2, -0.15) is 0 Å². The van der Waals surface area contributed by atoms with E-state index in [1.54, 1.807) is 6.92 Å². The number of methoxy groups -OCH3 is 1. The Morgan fingerprint density at radius 1 is 1.37 bits per heavy atom. The number of ether oxygens (including phenoxy) is 2. The molecule has 2 N–H and O–H groups in total. The zero-order valence-corrected chi connectivity index (χ0v) is 12.9. The first kappa shape index (κ1) is 16.1. The van der Waals surface area contributed by atoms with Gasteiger partial charge in [0.1, 0.15) is 6.61 Å². The third-order valence-corrected chi connectivity index (χ3v) is 4.53. The lowest BCUT2D eigenvalue weighted by Gasteiger charge is -2.09. The lowest BCUT2D eigenvalue weighted by atomic mass is 10.1. The molecule has 1 aromatic rings. The van der Waals surface area contributed by atoms with Gasteiger partial charge in [0.05, 0.1) is 17.1 Å². The minimum atomic E-state index is -3.92. The van der Waals surface area contributed by atoms with Gasteiger partial charge in [-0.05, 0) is 40.5 Å². The summed E-state index contributed by atoms with van der Waals surface area (Å²) in [5.41, 5.74) is 0.700. The van der Waals surface area contributed by atoms with Gasteiger partial charge < -0.3 is 9.47 Å². The molecule has 0 atom stereocenters. The van der Waals surface area contributed by atoms with Crippen LogP contribution in [-0.2, 0) is 19.5 Å². The summed E-state index contributed by atoms with van der Waals surface area (Å²) in [7, 11) is -2.43. The van der Waals surface area contributed by atoms with Crippen LogP contribution in [0.15, 0.2) is 21.5 Å². The summed E-state index contributed by atoms with van der Waals surface area (Å²) in [4.78, 5) is 11.6. The van der Waals surface area contributed by atoms with Crippen LogP contribution in [0.4, 0.5) is 0 Å². The highest BCUT2D eigenvalue weighted by atomic mass is 79.9. The summed E-state index contributed by atoms with van der Waals surface area (Å²) in [6.07, 6.45) is 0. The maximum Gasteiger partial charge on any atom is 0.338 e. The first-order valence-corrected chi connectivity index (χ1v) is 7.60. The van der Waals surface area contributed by atoms with Crippen LogP contribution in [-0.4, -0.2) is 34.7 Å². The van der Waals surface area contributed by atoms with E-state index in [2.05, 4.69) is 15.9 Å². The molecule has 0 bridgehead atoms. The van der Waals surface area contributed by atoms with E-state index in [1.165, 1.54) is 19.2 Å². The molecular formula is C11H14BrNO5S. The van der Waals surface area contributed by atoms with Crippen LogP contribution in [0.5, 0.6) is 0 Å². The second-order valence-corrected chi connectivity index (χ2v) is 6.10. The number of carbonyl (C=O) groups is 1. The number of hydrogen-bond acceptors (Lipinski definition) is 5. The van der Waals surface area contributed by atoms with Gasteiger partial charge in [-0.1, -0.05) is 0 Å². The van der Waals surface area contributed by atoms with Crippen LogP contribution in [0.25, 0.3) is 0 Å². The number of carbonyl (C=O) groups excluding carboxylic acids is 1. The molecule has 0 saturated carbocycles. The smallest absolute Gasteiger partial charge is 0.338 e. The minimum absolute atomic E-state index is 0.0924. The molecule has 0 aliphatic rings. The van der Waals surface area contributed by atoms with Crippen LogP contribution >= 0.6 is 15.9 Å². The lowest BCUT2D eigenvalue weighted by molar-refractivity contribution is 0.0387. The van der Waals surface area contributed by atoms with Gasteiger partial charge in [-0.25, -0.2) is 18.4 Å². The number of benzene rings is 1. The van der Waals surface area contributed by atoms with Crippen molar-refractivity contribution in [2.24, 2.45) is 5.14 Å². The molecule has 1 aromatic carbocycles. The molecular weight excluding hydrogens is 338 g/mol. The first-order valence-electron chi connectivity index (χ1n) is 5.26. The molecule has 8 heteroatoms. The molecule has 0 amide bonds. The highest BCUT2D eigenvalue weighted by molar-refractivity contribution is 9.10. The third-order valence-electron chi connectivity index (χ3n) is 2.28. The molecule has 1 rings (SSSR count). The van der Waals surface area contributed by atoms with Crippen molar-refractivity contribution in [3.63, 3.8) is 0 Å². The van der Waals surface area contributed by atoms with Gasteiger partial charge >= 0.3 is 5.97 Å². The molecule has 0 aliphatic heterocycles. The van der Waals surface area contributed by atoms with E-state index in [1.807, 2.05) is 0 Å². The van der Waals surface area contributed by atoms with E-state index in [0.29, 0.717) is 10.0 Å². The molecule has 0 unspecified atom stereocenters. The van der Waals surface area contributed by atoms with Gasteiger partial charge in [0.25, 0.3) is 0 Å². The fraction of sp³-hybridized carbons (Fsp3) is 0.364. The normalized spacial score (nSPS) is 11.4. The Balaban J connectivity index is 3.11. The Bertz CT molecular complexity index is 585. The number of halogens is 1. The van der Waals surface area contributed by atoms with Crippen LogP contribution in [0.3, 0.4) is 0 Å². The topological polar surface area (TPSA) is 95.7 Å². The highest BCUT2D eigenvalue weighted by Crippen LogP contribution is 2.26. The van der Waals surface area contributed by atoms with Crippen molar-refractivity contribution in [2.75, 3.05) is 20.3 Å². The number of hydrogen-bond donors (Lipinski definition) is 1. The fourth-order valence-electron chi connectivity index (χ4n) is 1.36. The van der Waals surface area contributed by atoms with E-state index in [9.17, 15) is 13.2 Å². The van der Waals surface area contributed by atoms with Crippen molar-refractivity contribution in [3.05, 3.63) is 27.7 Å². The van der Waals surface area contributed by atoms with Crippen molar-refractivity contribution >= 4 is 31.9 Å². The SMILES string of the molecule is COCCOC(=O)c1cc(C)c(Br)c(S(N)(=O)=O)c1. The maximum absolute atomic E-state index is 11.7. The molecule has 0 spiro atoms. The second-order valence-electron chi connectivity index (χ2n) is 3.78. The minimum Gasteiger partial charge on any atom is -0.460 e. The predicted molar refractivity (Wildman–Crippen MR) is 72.4 cm³/mol. The molecule has 0 aliphatic carbocycles. The zero-order valence-electron chi connectivity index (χ0n) is 10.5. The Morgan fingerprint density at radius 2 is 2.00 bits per heavy atom. The first-order chi connectivity index (χ1) is 8.77. The second kappa shape index (κ2) is 6.47. The highest BCUT2D eigenvalue weighted by Gasteiger charge is 2.19. The summed E-state index contributed by atoms with van der Waals surface area (Å²) in [6.45, 7) is 2.02. The van der Waals surface area contributed by atoms with Gasteiger partial charge in [0.2, 0.25) is 10.0 Å². The van der Waals surface area contributed by atoms with E-state index < -0.39 is 16.0 Å². The Morgan fingerprint density at radius 3 is 2.53 bits per heavy atom. The molecule has 0 saturated heterocycles. The van der Waals surface area contributed by atoms with Crippen LogP contribution < -0.4 is 5.14 Å². The summed E-state index contributed by atoms with van der Waals surface area (Å²) < 4.78 is 32.8. The van der Waals surface area contributed by atoms with Crippen molar-refractivity contribution in [1.82, 2.24) is 0 Å². The van der Waals surface area contributed by atoms with Crippen LogP contribution in [0, 0.1) is 6.92 Å². The Labute approximate surface area is 120 Å². The molecule has 106 valence electrons. The average Bonchev–Trinajstić information content (AvgIpc) is 2.31. The summed E-state index contributed by atoms with van der Waals surface area (Å²) in [5, 5.41) is 5.09. The number of esters is 1. The largest absolute Gasteiger partial charge is 0.460 e. The quantitative estimate of drug-likeness (QED) is 0.635. The van der Waals surface area contributed by atoms with Crippen molar-refractivity contribution in [2.45, 2.75) is 11.8 Å². The number of nitrogens with two attached hydrogens (primary N) is 1. The zero-order chi connectivity index (χ0) is 14.6. The van der Waals surface area contributed by atoms with E-state index in [4.69, 9.17) is 14.6 Å².